The number of carbonyl (C=O) groups is 2. The summed E-state index contributed by atoms with van der Waals surface area (Å²) >= 11 is 0. The van der Waals surface area contributed by atoms with Crippen molar-refractivity contribution in [1.82, 2.24) is 5.32 Å². The van der Waals surface area contributed by atoms with E-state index in [0.717, 1.165) is 0 Å². The number of amides is 1. The first kappa shape index (κ1) is 21.8. The summed E-state index contributed by atoms with van der Waals surface area (Å²) in [6.07, 6.45) is 0.137. The fraction of sp³-hybridized carbons (Fsp3) is 0.471. The van der Waals surface area contributed by atoms with Gasteiger partial charge in [-0.1, -0.05) is 12.1 Å². The normalized spacial score (nSPS) is 12.2. The Morgan fingerprint density at radius 3 is 2.27 bits per heavy atom. The largest absolute Gasteiger partial charge is 0.480 e. The minimum Gasteiger partial charge on any atom is -0.480 e. The summed E-state index contributed by atoms with van der Waals surface area (Å²) in [5.74, 6) is -1.75. The van der Waals surface area contributed by atoms with Gasteiger partial charge in [-0.3, -0.25) is 9.36 Å². The zero-order valence-electron chi connectivity index (χ0n) is 14.8. The lowest BCUT2D eigenvalue weighted by Gasteiger charge is -2.17. The maximum absolute atomic E-state index is 12.5. The number of carboxylic acids is 1. The van der Waals surface area contributed by atoms with Crippen molar-refractivity contribution in [1.29, 1.82) is 5.26 Å². The SMILES string of the molecule is CCOP(=O)(Cc1ccc(C(=O)N[C@H](CCC#N)C(=O)O)cc1)OCC. The number of aliphatic carboxylic acids is 1. The van der Waals surface area contributed by atoms with Gasteiger partial charge in [-0.15, -0.1) is 0 Å². The highest BCUT2D eigenvalue weighted by Crippen LogP contribution is 2.51. The van der Waals surface area contributed by atoms with Gasteiger partial charge in [0.1, 0.15) is 6.04 Å². The number of carbonyl (C=O) groups excluding carboxylic acids is 1. The maximum atomic E-state index is 12.5. The van der Waals surface area contributed by atoms with Gasteiger partial charge >= 0.3 is 13.6 Å². The molecule has 0 unspecified atom stereocenters. The summed E-state index contributed by atoms with van der Waals surface area (Å²) in [4.78, 5) is 23.3. The van der Waals surface area contributed by atoms with Gasteiger partial charge in [0, 0.05) is 12.0 Å². The van der Waals surface area contributed by atoms with Crippen molar-refractivity contribution in [3.05, 3.63) is 35.4 Å². The molecule has 0 aromatic heterocycles. The Morgan fingerprint density at radius 1 is 1.23 bits per heavy atom. The van der Waals surface area contributed by atoms with Gasteiger partial charge in [0.2, 0.25) is 0 Å². The maximum Gasteiger partial charge on any atom is 0.335 e. The van der Waals surface area contributed by atoms with Crippen molar-refractivity contribution >= 4 is 19.5 Å². The molecule has 142 valence electrons. The summed E-state index contributed by atoms with van der Waals surface area (Å²) in [6, 6.07) is 6.98. The van der Waals surface area contributed by atoms with Crippen LogP contribution in [0, 0.1) is 11.3 Å². The van der Waals surface area contributed by atoms with E-state index in [4.69, 9.17) is 19.4 Å². The van der Waals surface area contributed by atoms with Crippen LogP contribution < -0.4 is 5.32 Å². The Hall–Kier alpha value is -2.20. The number of rotatable bonds is 11. The Balaban J connectivity index is 2.79. The molecule has 0 aliphatic carbocycles. The lowest BCUT2D eigenvalue weighted by Crippen LogP contribution is -2.40. The first-order valence-electron chi connectivity index (χ1n) is 8.23. The molecule has 0 bridgehead atoms. The van der Waals surface area contributed by atoms with Crippen LogP contribution in [-0.2, 0) is 24.6 Å². The number of nitriles is 1. The Labute approximate surface area is 152 Å². The fourth-order valence-electron chi connectivity index (χ4n) is 2.21. The van der Waals surface area contributed by atoms with Crippen molar-refractivity contribution < 1.29 is 28.3 Å². The van der Waals surface area contributed by atoms with Crippen LogP contribution in [0.4, 0.5) is 0 Å². The lowest BCUT2D eigenvalue weighted by atomic mass is 10.1. The van der Waals surface area contributed by atoms with Crippen molar-refractivity contribution in [2.24, 2.45) is 0 Å². The molecule has 0 aliphatic rings. The van der Waals surface area contributed by atoms with Crippen molar-refractivity contribution in [3.8, 4) is 6.07 Å². The average molecular weight is 382 g/mol. The highest BCUT2D eigenvalue weighted by molar-refractivity contribution is 7.53. The molecule has 1 aromatic rings. The number of hydrogen-bond donors (Lipinski definition) is 2. The van der Waals surface area contributed by atoms with E-state index in [9.17, 15) is 14.2 Å². The predicted molar refractivity (Wildman–Crippen MR) is 94.7 cm³/mol. The molecule has 0 saturated heterocycles. The first-order chi connectivity index (χ1) is 12.3. The Kier molecular flexibility index (Phi) is 9.00. The van der Waals surface area contributed by atoms with Crippen LogP contribution in [0.1, 0.15) is 42.6 Å². The Morgan fingerprint density at radius 2 is 1.81 bits per heavy atom. The summed E-state index contributed by atoms with van der Waals surface area (Å²) < 4.78 is 23.0. The molecule has 0 radical (unpaired) electrons. The van der Waals surface area contributed by atoms with Crippen LogP contribution in [0.15, 0.2) is 24.3 Å². The molecule has 1 atom stereocenters. The lowest BCUT2D eigenvalue weighted by molar-refractivity contribution is -0.139. The number of hydrogen-bond acceptors (Lipinski definition) is 6. The van der Waals surface area contributed by atoms with E-state index in [1.165, 1.54) is 12.1 Å². The minimum absolute atomic E-state index is 0.0281. The van der Waals surface area contributed by atoms with Crippen LogP contribution in [0.2, 0.25) is 0 Å². The van der Waals surface area contributed by atoms with E-state index in [2.05, 4.69) is 5.32 Å². The van der Waals surface area contributed by atoms with Gasteiger partial charge in [0.15, 0.2) is 0 Å². The van der Waals surface area contributed by atoms with E-state index in [-0.39, 0.29) is 37.8 Å². The third kappa shape index (κ3) is 6.96. The molecule has 1 aromatic carbocycles. The van der Waals surface area contributed by atoms with Crippen LogP contribution in [-0.4, -0.2) is 36.2 Å². The molecule has 9 heteroatoms. The van der Waals surface area contributed by atoms with Gasteiger partial charge in [0.25, 0.3) is 5.91 Å². The van der Waals surface area contributed by atoms with Crippen LogP contribution >= 0.6 is 7.60 Å². The van der Waals surface area contributed by atoms with Crippen molar-refractivity contribution in [3.63, 3.8) is 0 Å². The fourth-order valence-corrected chi connectivity index (χ4v) is 3.92. The monoisotopic (exact) mass is 382 g/mol. The van der Waals surface area contributed by atoms with Gasteiger partial charge in [0.05, 0.1) is 25.4 Å². The molecule has 0 spiro atoms. The molecule has 0 fully saturated rings. The Bertz CT molecular complexity index is 688. The molecular weight excluding hydrogens is 359 g/mol. The third-order valence-electron chi connectivity index (χ3n) is 3.39. The molecule has 1 rings (SSSR count). The minimum atomic E-state index is -3.24. The number of nitrogens with zero attached hydrogens (tertiary/aromatic N) is 1. The standard InChI is InChI=1S/C17H23N2O6P/c1-3-24-26(23,25-4-2)12-13-7-9-14(10-8-13)16(20)19-15(17(21)22)6-5-11-18/h7-10,15H,3-6,12H2,1-2H3,(H,19,20)(H,21,22)/t15-/m1/s1. The number of nitrogens with one attached hydrogen (secondary N) is 1. The smallest absolute Gasteiger partial charge is 0.335 e. The van der Waals surface area contributed by atoms with E-state index >= 15 is 0 Å². The second-order valence-corrected chi connectivity index (χ2v) is 7.42. The predicted octanol–water partition coefficient (Wildman–Crippen LogP) is 2.94. The third-order valence-corrected chi connectivity index (χ3v) is 5.45. The second kappa shape index (κ2) is 10.7. The van der Waals surface area contributed by atoms with Crippen molar-refractivity contribution in [2.45, 2.75) is 38.9 Å². The topological polar surface area (TPSA) is 126 Å². The van der Waals surface area contributed by atoms with Crippen molar-refractivity contribution in [2.75, 3.05) is 13.2 Å². The quantitative estimate of drug-likeness (QED) is 0.564. The summed E-state index contributed by atoms with van der Waals surface area (Å²) in [6.45, 7) is 3.97. The molecule has 0 saturated carbocycles. The summed E-state index contributed by atoms with van der Waals surface area (Å²) in [5, 5.41) is 20.0. The summed E-state index contributed by atoms with van der Waals surface area (Å²) in [5.41, 5.74) is 0.936. The molecule has 26 heavy (non-hydrogen) atoms. The second-order valence-electron chi connectivity index (χ2n) is 5.36. The van der Waals surface area contributed by atoms with E-state index < -0.39 is 25.5 Å². The average Bonchev–Trinajstić information content (AvgIpc) is 2.59. The molecule has 8 nitrogen and oxygen atoms in total. The zero-order valence-corrected chi connectivity index (χ0v) is 15.7. The highest BCUT2D eigenvalue weighted by Gasteiger charge is 2.24. The molecule has 0 aliphatic heterocycles. The van der Waals surface area contributed by atoms with Crippen LogP contribution in [0.5, 0.6) is 0 Å². The van der Waals surface area contributed by atoms with Gasteiger partial charge in [-0.25, -0.2) is 4.79 Å². The molecule has 2 N–H and O–H groups in total. The van der Waals surface area contributed by atoms with Crippen LogP contribution in [0.3, 0.4) is 0 Å². The molecule has 0 heterocycles. The molecular formula is C17H23N2O6P. The van der Waals surface area contributed by atoms with Gasteiger partial charge in [-0.05, 0) is 38.0 Å². The zero-order chi connectivity index (χ0) is 19.6. The number of benzene rings is 1. The number of carboxylic acid groups (broad SMARTS) is 1. The van der Waals surface area contributed by atoms with E-state index in [0.29, 0.717) is 5.56 Å². The van der Waals surface area contributed by atoms with Gasteiger partial charge < -0.3 is 19.5 Å². The first-order valence-corrected chi connectivity index (χ1v) is 9.95. The summed E-state index contributed by atoms with van der Waals surface area (Å²) in [7, 11) is -3.24. The van der Waals surface area contributed by atoms with Crippen LogP contribution in [0.25, 0.3) is 0 Å². The van der Waals surface area contributed by atoms with Gasteiger partial charge in [-0.2, -0.15) is 5.26 Å². The van der Waals surface area contributed by atoms with E-state index in [1.807, 2.05) is 6.07 Å². The molecule has 1 amide bonds. The van der Waals surface area contributed by atoms with E-state index in [1.54, 1.807) is 26.0 Å². The highest BCUT2D eigenvalue weighted by atomic mass is 31.2.